The van der Waals surface area contributed by atoms with E-state index < -0.39 is 0 Å². The van der Waals surface area contributed by atoms with Crippen LogP contribution in [0.5, 0.6) is 0 Å². The molecule has 0 radical (unpaired) electrons. The van der Waals surface area contributed by atoms with Gasteiger partial charge in [0.15, 0.2) is 5.58 Å². The van der Waals surface area contributed by atoms with E-state index in [4.69, 9.17) is 8.94 Å². The average molecular weight is 330 g/mol. The summed E-state index contributed by atoms with van der Waals surface area (Å²) in [5.41, 5.74) is 2.21. The van der Waals surface area contributed by atoms with E-state index in [9.17, 15) is 4.79 Å². The van der Waals surface area contributed by atoms with Crippen LogP contribution in [-0.2, 0) is 6.42 Å². The molecule has 0 saturated heterocycles. The lowest BCUT2D eigenvalue weighted by atomic mass is 10.2. The monoisotopic (exact) mass is 330 g/mol. The van der Waals surface area contributed by atoms with Gasteiger partial charge in [-0.15, -0.1) is 0 Å². The Kier molecular flexibility index (Phi) is 4.32. The van der Waals surface area contributed by atoms with Gasteiger partial charge in [0.05, 0.1) is 0 Å². The van der Waals surface area contributed by atoms with Crippen LogP contribution in [0.1, 0.15) is 5.89 Å². The molecule has 1 aromatic carbocycles. The van der Waals surface area contributed by atoms with Crippen molar-refractivity contribution in [3.63, 3.8) is 0 Å². The molecule has 0 fully saturated rings. The Morgan fingerprint density at radius 3 is 2.88 bits per heavy atom. The fourth-order valence-electron chi connectivity index (χ4n) is 2.09. The summed E-state index contributed by atoms with van der Waals surface area (Å²) in [4.78, 5) is 21.6. The largest absolute Gasteiger partial charge is 0.423 e. The van der Waals surface area contributed by atoms with Crippen LogP contribution in [0.15, 0.2) is 27.1 Å². The lowest BCUT2D eigenvalue weighted by Crippen LogP contribution is -2.34. The van der Waals surface area contributed by atoms with E-state index >= 15 is 0 Å². The molecular weight excluding hydrogens is 312 g/mol. The number of rotatable bonds is 5. The van der Waals surface area contributed by atoms with Crippen LogP contribution in [0.4, 0.5) is 10.8 Å². The highest BCUT2D eigenvalue weighted by Gasteiger charge is 2.12. The van der Waals surface area contributed by atoms with Gasteiger partial charge in [-0.25, -0.2) is 4.79 Å². The Morgan fingerprint density at radius 2 is 2.12 bits per heavy atom. The summed E-state index contributed by atoms with van der Waals surface area (Å²) in [6.07, 6.45) is 0.456. The molecule has 0 aliphatic heterocycles. The molecule has 0 saturated carbocycles. The third-order valence-electron chi connectivity index (χ3n) is 3.34. The van der Waals surface area contributed by atoms with Crippen LogP contribution in [0.25, 0.3) is 22.5 Å². The van der Waals surface area contributed by atoms with Gasteiger partial charge < -0.3 is 24.5 Å². The first-order valence-corrected chi connectivity index (χ1v) is 7.43. The number of hydrogen-bond acceptors (Lipinski definition) is 7. The normalized spacial score (nSPS) is 10.8. The minimum Gasteiger partial charge on any atom is -0.423 e. The molecule has 2 heterocycles. The Balaban J connectivity index is 1.74. The summed E-state index contributed by atoms with van der Waals surface area (Å²) in [5, 5.41) is 9.11. The molecule has 0 aliphatic carbocycles. The number of anilines is 1. The summed E-state index contributed by atoms with van der Waals surface area (Å²) < 4.78 is 10.8. The topological polar surface area (TPSA) is 109 Å². The van der Waals surface area contributed by atoms with Gasteiger partial charge in [0, 0.05) is 39.7 Å². The van der Waals surface area contributed by atoms with Crippen molar-refractivity contribution in [3.8, 4) is 11.4 Å². The molecule has 0 bridgehead atoms. The zero-order valence-electron chi connectivity index (χ0n) is 13.7. The first-order chi connectivity index (χ1) is 11.6. The highest BCUT2D eigenvalue weighted by Crippen LogP contribution is 2.25. The quantitative estimate of drug-likeness (QED) is 0.728. The third-order valence-corrected chi connectivity index (χ3v) is 3.34. The van der Waals surface area contributed by atoms with Gasteiger partial charge in [-0.05, 0) is 18.2 Å². The number of oxazole rings is 1. The van der Waals surface area contributed by atoms with Gasteiger partial charge in [-0.2, -0.15) is 9.97 Å². The Hall–Kier alpha value is -3.10. The van der Waals surface area contributed by atoms with Crippen molar-refractivity contribution in [2.45, 2.75) is 6.42 Å². The fourth-order valence-corrected chi connectivity index (χ4v) is 2.09. The van der Waals surface area contributed by atoms with E-state index in [1.165, 1.54) is 0 Å². The first-order valence-electron chi connectivity index (χ1n) is 7.43. The summed E-state index contributed by atoms with van der Waals surface area (Å²) >= 11 is 0. The van der Waals surface area contributed by atoms with Crippen LogP contribution >= 0.6 is 0 Å². The second kappa shape index (κ2) is 6.57. The number of amides is 2. The molecule has 0 unspecified atom stereocenters. The van der Waals surface area contributed by atoms with Crippen molar-refractivity contribution in [1.29, 1.82) is 0 Å². The van der Waals surface area contributed by atoms with Crippen molar-refractivity contribution in [3.05, 3.63) is 24.1 Å². The standard InChI is InChI=1S/C15H18N6O3/c1-16-14(22)17-7-6-12-19-13(20-24-12)9-4-5-11-10(8-9)18-15(23-11)21(2)3/h4-5,8H,6-7H2,1-3H3,(H2,16,17,22). The maximum atomic E-state index is 11.1. The predicted octanol–water partition coefficient (Wildman–Crippen LogP) is 1.42. The van der Waals surface area contributed by atoms with E-state index in [-0.39, 0.29) is 6.03 Å². The molecule has 24 heavy (non-hydrogen) atoms. The number of carbonyl (C=O) groups excluding carboxylic acids is 1. The molecular formula is C15H18N6O3. The number of urea groups is 1. The van der Waals surface area contributed by atoms with Crippen molar-refractivity contribution in [2.75, 3.05) is 32.6 Å². The van der Waals surface area contributed by atoms with E-state index in [0.717, 1.165) is 11.1 Å². The van der Waals surface area contributed by atoms with Crippen LogP contribution in [0.3, 0.4) is 0 Å². The van der Waals surface area contributed by atoms with Gasteiger partial charge in [0.1, 0.15) is 5.52 Å². The molecule has 3 rings (SSSR count). The Labute approximate surface area is 138 Å². The van der Waals surface area contributed by atoms with Gasteiger partial charge >= 0.3 is 6.03 Å². The van der Waals surface area contributed by atoms with E-state index in [0.29, 0.717) is 36.3 Å². The number of fused-ring (bicyclic) bond motifs is 1. The van der Waals surface area contributed by atoms with Gasteiger partial charge in [0.2, 0.25) is 11.7 Å². The van der Waals surface area contributed by atoms with Crippen molar-refractivity contribution >= 4 is 23.1 Å². The first kappa shape index (κ1) is 15.8. The minimum absolute atomic E-state index is 0.247. The lowest BCUT2D eigenvalue weighted by molar-refractivity contribution is 0.242. The number of nitrogens with one attached hydrogen (secondary N) is 2. The van der Waals surface area contributed by atoms with E-state index in [1.807, 2.05) is 32.3 Å². The smallest absolute Gasteiger partial charge is 0.314 e. The maximum absolute atomic E-state index is 11.1. The molecule has 126 valence electrons. The van der Waals surface area contributed by atoms with Gasteiger partial charge in [0.25, 0.3) is 6.01 Å². The molecule has 9 heteroatoms. The number of aromatic nitrogens is 3. The third kappa shape index (κ3) is 3.29. The average Bonchev–Trinajstić information content (AvgIpc) is 3.20. The summed E-state index contributed by atoms with van der Waals surface area (Å²) in [6, 6.07) is 5.82. The van der Waals surface area contributed by atoms with Crippen molar-refractivity contribution < 1.29 is 13.7 Å². The molecule has 9 nitrogen and oxygen atoms in total. The highest BCUT2D eigenvalue weighted by atomic mass is 16.5. The number of benzene rings is 1. The molecule has 2 N–H and O–H groups in total. The second-order valence-corrected chi connectivity index (χ2v) is 5.34. The van der Waals surface area contributed by atoms with Crippen LogP contribution in [0, 0.1) is 0 Å². The van der Waals surface area contributed by atoms with Crippen LogP contribution in [0.2, 0.25) is 0 Å². The zero-order valence-corrected chi connectivity index (χ0v) is 13.7. The van der Waals surface area contributed by atoms with Crippen LogP contribution < -0.4 is 15.5 Å². The van der Waals surface area contributed by atoms with E-state index in [2.05, 4.69) is 25.8 Å². The molecule has 3 aromatic rings. The summed E-state index contributed by atoms with van der Waals surface area (Å²) in [7, 11) is 5.29. The lowest BCUT2D eigenvalue weighted by Gasteiger charge is -2.03. The van der Waals surface area contributed by atoms with Gasteiger partial charge in [-0.1, -0.05) is 5.16 Å². The maximum Gasteiger partial charge on any atom is 0.314 e. The minimum atomic E-state index is -0.247. The Bertz CT molecular complexity index is 854. The second-order valence-electron chi connectivity index (χ2n) is 5.34. The Morgan fingerprint density at radius 1 is 1.29 bits per heavy atom. The number of carbonyl (C=O) groups is 1. The number of hydrogen-bond donors (Lipinski definition) is 2. The molecule has 2 amide bonds. The SMILES string of the molecule is CNC(=O)NCCc1nc(-c2ccc3oc(N(C)C)nc3c2)no1. The van der Waals surface area contributed by atoms with E-state index in [1.54, 1.807) is 11.9 Å². The molecule has 2 aromatic heterocycles. The molecule has 0 atom stereocenters. The molecule has 0 spiro atoms. The summed E-state index contributed by atoms with van der Waals surface area (Å²) in [6.45, 7) is 0.413. The number of nitrogens with zero attached hydrogens (tertiary/aromatic N) is 4. The van der Waals surface area contributed by atoms with Crippen LogP contribution in [-0.4, -0.2) is 48.8 Å². The summed E-state index contributed by atoms with van der Waals surface area (Å²) in [5.74, 6) is 0.928. The fraction of sp³-hybridized carbons (Fsp3) is 0.333. The molecule has 0 aliphatic rings. The predicted molar refractivity (Wildman–Crippen MR) is 87.8 cm³/mol. The van der Waals surface area contributed by atoms with Crippen molar-refractivity contribution in [2.24, 2.45) is 0 Å². The van der Waals surface area contributed by atoms with Gasteiger partial charge in [-0.3, -0.25) is 0 Å². The zero-order chi connectivity index (χ0) is 17.1. The highest BCUT2D eigenvalue weighted by molar-refractivity contribution is 5.80. The van der Waals surface area contributed by atoms with Crippen molar-refractivity contribution in [1.82, 2.24) is 25.8 Å².